The van der Waals surface area contributed by atoms with Crippen LogP contribution in [0.3, 0.4) is 0 Å². The maximum absolute atomic E-state index is 13.0. The fourth-order valence-electron chi connectivity index (χ4n) is 2.19. The first kappa shape index (κ1) is 14.4. The lowest BCUT2D eigenvalue weighted by molar-refractivity contribution is 0.171. The molecule has 21 heavy (non-hydrogen) atoms. The molecule has 2 aromatic rings. The second-order valence-corrected chi connectivity index (χ2v) is 5.51. The summed E-state index contributed by atoms with van der Waals surface area (Å²) in [6.07, 6.45) is -0.588. The van der Waals surface area contributed by atoms with Gasteiger partial charge in [0.2, 0.25) is 6.79 Å². The normalized spacial score (nSPS) is 14.3. The van der Waals surface area contributed by atoms with E-state index >= 15 is 0 Å². The second-order valence-electron chi connectivity index (χ2n) is 4.69. The molecular formula is C15H11Cl2FO3. The summed E-state index contributed by atoms with van der Waals surface area (Å²) < 4.78 is 23.5. The third kappa shape index (κ3) is 2.93. The Balaban J connectivity index is 1.85. The number of hydrogen-bond acceptors (Lipinski definition) is 3. The van der Waals surface area contributed by atoms with Gasteiger partial charge in [-0.05, 0) is 35.4 Å². The minimum absolute atomic E-state index is 0.110. The standard InChI is InChI=1S/C15H11Cl2FO3/c16-11-6-10(18)2-1-8(11)4-13(19)9-3-12(17)15-14(5-9)20-7-21-15/h1-3,5-6,13,19H,4,7H2. The highest BCUT2D eigenvalue weighted by Gasteiger charge is 2.21. The third-order valence-electron chi connectivity index (χ3n) is 3.26. The zero-order chi connectivity index (χ0) is 15.0. The smallest absolute Gasteiger partial charge is 0.231 e. The molecule has 1 N–H and O–H groups in total. The number of rotatable bonds is 3. The summed E-state index contributed by atoms with van der Waals surface area (Å²) in [6.45, 7) is 0.110. The van der Waals surface area contributed by atoms with Crippen LogP contribution < -0.4 is 9.47 Å². The number of halogens is 3. The van der Waals surface area contributed by atoms with Crippen molar-refractivity contribution in [2.75, 3.05) is 6.79 Å². The van der Waals surface area contributed by atoms with Gasteiger partial charge in [0, 0.05) is 11.4 Å². The maximum atomic E-state index is 13.0. The van der Waals surface area contributed by atoms with Crippen molar-refractivity contribution in [2.45, 2.75) is 12.5 Å². The van der Waals surface area contributed by atoms with Crippen LogP contribution >= 0.6 is 23.2 Å². The summed E-state index contributed by atoms with van der Waals surface area (Å²) in [5.74, 6) is 0.568. The first-order valence-corrected chi connectivity index (χ1v) is 7.01. The summed E-state index contributed by atoms with van der Waals surface area (Å²) in [4.78, 5) is 0. The molecule has 0 saturated heterocycles. The molecule has 0 bridgehead atoms. The van der Waals surface area contributed by atoms with Gasteiger partial charge in [0.05, 0.1) is 11.1 Å². The predicted molar refractivity (Wildman–Crippen MR) is 77.6 cm³/mol. The van der Waals surface area contributed by atoms with Crippen LogP contribution in [0.4, 0.5) is 4.39 Å². The van der Waals surface area contributed by atoms with Crippen molar-refractivity contribution in [1.29, 1.82) is 0 Å². The average molecular weight is 329 g/mol. The van der Waals surface area contributed by atoms with Gasteiger partial charge in [0.15, 0.2) is 11.5 Å². The van der Waals surface area contributed by atoms with E-state index in [2.05, 4.69) is 0 Å². The number of benzene rings is 2. The van der Waals surface area contributed by atoms with Gasteiger partial charge in [-0.15, -0.1) is 0 Å². The Kier molecular flexibility index (Phi) is 3.93. The molecule has 1 aliphatic rings. The van der Waals surface area contributed by atoms with Crippen LogP contribution in [0.1, 0.15) is 17.2 Å². The average Bonchev–Trinajstić information content (AvgIpc) is 2.90. The third-order valence-corrected chi connectivity index (χ3v) is 3.90. The molecule has 1 unspecified atom stereocenters. The highest BCUT2D eigenvalue weighted by atomic mass is 35.5. The Morgan fingerprint density at radius 2 is 1.95 bits per heavy atom. The van der Waals surface area contributed by atoms with Gasteiger partial charge >= 0.3 is 0 Å². The summed E-state index contributed by atoms with van der Waals surface area (Å²) >= 11 is 12.0. The van der Waals surface area contributed by atoms with Crippen molar-refractivity contribution in [3.05, 3.63) is 57.3 Å². The minimum Gasteiger partial charge on any atom is -0.454 e. The Morgan fingerprint density at radius 1 is 1.14 bits per heavy atom. The van der Waals surface area contributed by atoms with Crippen LogP contribution in [-0.4, -0.2) is 11.9 Å². The number of aliphatic hydroxyl groups is 1. The largest absolute Gasteiger partial charge is 0.454 e. The van der Waals surface area contributed by atoms with E-state index in [0.717, 1.165) is 0 Å². The molecule has 0 spiro atoms. The molecule has 0 aliphatic carbocycles. The molecule has 0 fully saturated rings. The monoisotopic (exact) mass is 328 g/mol. The van der Waals surface area contributed by atoms with Crippen LogP contribution in [0.2, 0.25) is 10.0 Å². The van der Waals surface area contributed by atoms with Gasteiger partial charge in [-0.25, -0.2) is 4.39 Å². The number of hydrogen-bond donors (Lipinski definition) is 1. The molecule has 1 atom stereocenters. The van der Waals surface area contributed by atoms with Crippen molar-refractivity contribution < 1.29 is 19.0 Å². The first-order valence-electron chi connectivity index (χ1n) is 6.25. The summed E-state index contributed by atoms with van der Waals surface area (Å²) in [7, 11) is 0. The molecule has 1 heterocycles. The highest BCUT2D eigenvalue weighted by molar-refractivity contribution is 6.32. The van der Waals surface area contributed by atoms with Crippen molar-refractivity contribution in [3.63, 3.8) is 0 Å². The van der Waals surface area contributed by atoms with Gasteiger partial charge in [0.25, 0.3) is 0 Å². The molecule has 0 amide bonds. The quantitative estimate of drug-likeness (QED) is 0.920. The van der Waals surface area contributed by atoms with E-state index in [1.54, 1.807) is 18.2 Å². The van der Waals surface area contributed by atoms with Crippen LogP contribution in [0, 0.1) is 5.82 Å². The lowest BCUT2D eigenvalue weighted by Crippen LogP contribution is -2.03. The fourth-order valence-corrected chi connectivity index (χ4v) is 2.71. The highest BCUT2D eigenvalue weighted by Crippen LogP contribution is 2.41. The van der Waals surface area contributed by atoms with Crippen LogP contribution in [0.25, 0.3) is 0 Å². The molecule has 0 radical (unpaired) electrons. The van der Waals surface area contributed by atoms with Crippen LogP contribution in [0.15, 0.2) is 30.3 Å². The van der Waals surface area contributed by atoms with E-state index in [1.807, 2.05) is 0 Å². The minimum atomic E-state index is -0.833. The lowest BCUT2D eigenvalue weighted by atomic mass is 10.0. The van der Waals surface area contributed by atoms with E-state index in [-0.39, 0.29) is 18.2 Å². The Bertz CT molecular complexity index is 691. The first-order chi connectivity index (χ1) is 10.0. The maximum Gasteiger partial charge on any atom is 0.231 e. The molecule has 3 nitrogen and oxygen atoms in total. The predicted octanol–water partition coefficient (Wildman–Crippen LogP) is 4.14. The SMILES string of the molecule is OC(Cc1ccc(F)cc1Cl)c1cc(Cl)c2c(c1)OCO2. The summed E-state index contributed by atoms with van der Waals surface area (Å²) in [5.41, 5.74) is 1.24. The number of fused-ring (bicyclic) bond motifs is 1. The second kappa shape index (κ2) is 5.72. The van der Waals surface area contributed by atoms with Crippen LogP contribution in [-0.2, 0) is 6.42 Å². The molecule has 110 valence electrons. The zero-order valence-electron chi connectivity index (χ0n) is 10.8. The molecule has 3 rings (SSSR count). The van der Waals surface area contributed by atoms with Gasteiger partial charge in [-0.3, -0.25) is 0 Å². The fraction of sp³-hybridized carbons (Fsp3) is 0.200. The molecule has 0 saturated carbocycles. The van der Waals surface area contributed by atoms with Crippen molar-refractivity contribution in [3.8, 4) is 11.5 Å². The van der Waals surface area contributed by atoms with Gasteiger partial charge in [0.1, 0.15) is 5.82 Å². The van der Waals surface area contributed by atoms with Crippen molar-refractivity contribution in [1.82, 2.24) is 0 Å². The lowest BCUT2D eigenvalue weighted by Gasteiger charge is -2.13. The Hall–Kier alpha value is -1.49. The Morgan fingerprint density at radius 3 is 2.71 bits per heavy atom. The van der Waals surface area contributed by atoms with E-state index < -0.39 is 11.9 Å². The molecular weight excluding hydrogens is 318 g/mol. The van der Waals surface area contributed by atoms with Gasteiger partial charge in [-0.1, -0.05) is 29.3 Å². The van der Waals surface area contributed by atoms with Crippen molar-refractivity contribution in [2.24, 2.45) is 0 Å². The summed E-state index contributed by atoms with van der Waals surface area (Å²) in [6, 6.07) is 7.37. The Labute approximate surface area is 130 Å². The number of aliphatic hydroxyl groups excluding tert-OH is 1. The van der Waals surface area contributed by atoms with Crippen molar-refractivity contribution >= 4 is 23.2 Å². The van der Waals surface area contributed by atoms with E-state index in [0.29, 0.717) is 27.6 Å². The van der Waals surface area contributed by atoms with E-state index in [4.69, 9.17) is 32.7 Å². The molecule has 1 aliphatic heterocycles. The summed E-state index contributed by atoms with van der Waals surface area (Å²) in [5, 5.41) is 11.0. The zero-order valence-corrected chi connectivity index (χ0v) is 12.3. The van der Waals surface area contributed by atoms with Crippen LogP contribution in [0.5, 0.6) is 11.5 Å². The number of ether oxygens (including phenoxy) is 2. The molecule has 6 heteroatoms. The van der Waals surface area contributed by atoms with Gasteiger partial charge in [-0.2, -0.15) is 0 Å². The topological polar surface area (TPSA) is 38.7 Å². The van der Waals surface area contributed by atoms with Gasteiger partial charge < -0.3 is 14.6 Å². The van der Waals surface area contributed by atoms with E-state index in [1.165, 1.54) is 12.1 Å². The molecule has 0 aromatic heterocycles. The molecule has 2 aromatic carbocycles. The van der Waals surface area contributed by atoms with E-state index in [9.17, 15) is 9.50 Å².